The van der Waals surface area contributed by atoms with Gasteiger partial charge in [0.05, 0.1) is 10.6 Å². The van der Waals surface area contributed by atoms with Crippen molar-refractivity contribution in [1.29, 1.82) is 0 Å². The molecular formula is C12H15NO5S. The molecule has 0 spiro atoms. The van der Waals surface area contributed by atoms with E-state index in [1.807, 2.05) is 0 Å². The minimum absolute atomic E-state index is 0.00618. The number of hydrogen-bond acceptors (Lipinski definition) is 4. The molecule has 0 aliphatic rings. The molecule has 0 unspecified atom stereocenters. The van der Waals surface area contributed by atoms with Gasteiger partial charge in [-0.15, -0.1) is 0 Å². The molecule has 19 heavy (non-hydrogen) atoms. The van der Waals surface area contributed by atoms with Gasteiger partial charge in [-0.3, -0.25) is 9.59 Å². The SMILES string of the molecule is NC(=O)CCS(=O)(=O)c1ccc(CCC(=O)O)cc1. The van der Waals surface area contributed by atoms with E-state index in [9.17, 15) is 18.0 Å². The van der Waals surface area contributed by atoms with Gasteiger partial charge in [-0.1, -0.05) is 12.1 Å². The number of primary amides is 1. The number of carbonyl (C=O) groups excluding carboxylic acids is 1. The van der Waals surface area contributed by atoms with Crippen LogP contribution >= 0.6 is 0 Å². The smallest absolute Gasteiger partial charge is 0.303 e. The number of amides is 1. The molecule has 0 radical (unpaired) electrons. The number of carboxylic acids is 1. The highest BCUT2D eigenvalue weighted by molar-refractivity contribution is 7.91. The second-order valence-corrected chi connectivity index (χ2v) is 6.18. The molecule has 1 amide bonds. The van der Waals surface area contributed by atoms with Crippen molar-refractivity contribution in [1.82, 2.24) is 0 Å². The Morgan fingerprint density at radius 2 is 1.68 bits per heavy atom. The number of hydrogen-bond donors (Lipinski definition) is 2. The molecule has 0 aliphatic heterocycles. The van der Waals surface area contributed by atoms with E-state index in [0.717, 1.165) is 5.56 Å². The highest BCUT2D eigenvalue weighted by Crippen LogP contribution is 2.14. The lowest BCUT2D eigenvalue weighted by Crippen LogP contribution is -2.17. The molecule has 6 nitrogen and oxygen atoms in total. The van der Waals surface area contributed by atoms with Crippen molar-refractivity contribution >= 4 is 21.7 Å². The van der Waals surface area contributed by atoms with Crippen molar-refractivity contribution in [3.8, 4) is 0 Å². The molecule has 1 aromatic rings. The average molecular weight is 285 g/mol. The van der Waals surface area contributed by atoms with E-state index in [2.05, 4.69) is 0 Å². The Hall–Kier alpha value is -1.89. The molecule has 0 saturated heterocycles. The molecule has 1 aromatic carbocycles. The third-order valence-electron chi connectivity index (χ3n) is 2.53. The van der Waals surface area contributed by atoms with Gasteiger partial charge in [0.25, 0.3) is 0 Å². The Labute approximate surface area is 111 Å². The van der Waals surface area contributed by atoms with Crippen LogP contribution in [0.5, 0.6) is 0 Å². The summed E-state index contributed by atoms with van der Waals surface area (Å²) in [5, 5.41) is 8.54. The van der Waals surface area contributed by atoms with Crippen LogP contribution in [0.25, 0.3) is 0 Å². The summed E-state index contributed by atoms with van der Waals surface area (Å²) < 4.78 is 23.6. The summed E-state index contributed by atoms with van der Waals surface area (Å²) >= 11 is 0. The van der Waals surface area contributed by atoms with E-state index in [0.29, 0.717) is 6.42 Å². The standard InChI is InChI=1S/C12H15NO5S/c13-11(14)7-8-19(17,18)10-4-1-9(2-5-10)3-6-12(15)16/h1-2,4-5H,3,6-8H2,(H2,13,14)(H,15,16). The molecule has 0 heterocycles. The van der Waals surface area contributed by atoms with Crippen LogP contribution in [0.3, 0.4) is 0 Å². The van der Waals surface area contributed by atoms with Gasteiger partial charge in [0.1, 0.15) is 0 Å². The third-order valence-corrected chi connectivity index (χ3v) is 4.26. The predicted molar refractivity (Wildman–Crippen MR) is 68.3 cm³/mol. The van der Waals surface area contributed by atoms with E-state index in [1.54, 1.807) is 12.1 Å². The molecule has 7 heteroatoms. The number of sulfone groups is 1. The summed E-state index contributed by atoms with van der Waals surface area (Å²) in [5.41, 5.74) is 5.66. The molecule has 104 valence electrons. The number of carboxylic acid groups (broad SMARTS) is 1. The van der Waals surface area contributed by atoms with E-state index in [4.69, 9.17) is 10.8 Å². The maximum atomic E-state index is 11.8. The molecule has 0 aliphatic carbocycles. The second-order valence-electron chi connectivity index (χ2n) is 4.07. The van der Waals surface area contributed by atoms with E-state index < -0.39 is 21.7 Å². The summed E-state index contributed by atoms with van der Waals surface area (Å²) in [5.74, 6) is -1.89. The van der Waals surface area contributed by atoms with Crippen molar-refractivity contribution in [3.63, 3.8) is 0 Å². The van der Waals surface area contributed by atoms with Crippen LogP contribution in [-0.2, 0) is 25.8 Å². The number of aliphatic carboxylic acids is 1. The Morgan fingerprint density at radius 3 is 2.16 bits per heavy atom. The summed E-state index contributed by atoms with van der Waals surface area (Å²) in [6.07, 6.45) is 0.119. The van der Waals surface area contributed by atoms with E-state index in [1.165, 1.54) is 12.1 Å². The van der Waals surface area contributed by atoms with Crippen molar-refractivity contribution in [3.05, 3.63) is 29.8 Å². The predicted octanol–water partition coefficient (Wildman–Crippen LogP) is 0.353. The normalized spacial score (nSPS) is 11.2. The van der Waals surface area contributed by atoms with Gasteiger partial charge in [-0.2, -0.15) is 0 Å². The molecule has 3 N–H and O–H groups in total. The van der Waals surface area contributed by atoms with Crippen molar-refractivity contribution in [2.75, 3.05) is 5.75 Å². The first kappa shape index (κ1) is 15.2. The van der Waals surface area contributed by atoms with Crippen LogP contribution in [0.1, 0.15) is 18.4 Å². The monoisotopic (exact) mass is 285 g/mol. The average Bonchev–Trinajstić information content (AvgIpc) is 2.34. The molecule has 1 rings (SSSR count). The summed E-state index contributed by atoms with van der Waals surface area (Å²) in [6, 6.07) is 5.96. The number of nitrogens with two attached hydrogens (primary N) is 1. The van der Waals surface area contributed by atoms with Gasteiger partial charge >= 0.3 is 5.97 Å². The maximum absolute atomic E-state index is 11.8. The van der Waals surface area contributed by atoms with Crippen molar-refractivity contribution in [2.45, 2.75) is 24.2 Å². The lowest BCUT2D eigenvalue weighted by Gasteiger charge is -2.04. The minimum Gasteiger partial charge on any atom is -0.481 e. The number of rotatable bonds is 7. The lowest BCUT2D eigenvalue weighted by molar-refractivity contribution is -0.137. The minimum atomic E-state index is -3.52. The van der Waals surface area contributed by atoms with Gasteiger partial charge in [0.15, 0.2) is 9.84 Å². The van der Waals surface area contributed by atoms with Gasteiger partial charge in [0.2, 0.25) is 5.91 Å². The van der Waals surface area contributed by atoms with Crippen LogP contribution in [0.15, 0.2) is 29.2 Å². The second kappa shape index (κ2) is 6.33. The maximum Gasteiger partial charge on any atom is 0.303 e. The zero-order chi connectivity index (χ0) is 14.5. The summed E-state index contributed by atoms with van der Waals surface area (Å²) in [7, 11) is -3.52. The van der Waals surface area contributed by atoms with Crippen LogP contribution < -0.4 is 5.73 Å². The first-order chi connectivity index (χ1) is 8.81. The van der Waals surface area contributed by atoms with E-state index in [-0.39, 0.29) is 23.5 Å². The van der Waals surface area contributed by atoms with E-state index >= 15 is 0 Å². The molecule has 0 aromatic heterocycles. The molecule has 0 bridgehead atoms. The third kappa shape index (κ3) is 5.09. The fourth-order valence-electron chi connectivity index (χ4n) is 1.47. The Kier molecular flexibility index (Phi) is 5.05. The summed E-state index contributed by atoms with van der Waals surface area (Å²) in [6.45, 7) is 0. The Morgan fingerprint density at radius 1 is 1.11 bits per heavy atom. The van der Waals surface area contributed by atoms with Gasteiger partial charge in [-0.05, 0) is 24.1 Å². The highest BCUT2D eigenvalue weighted by atomic mass is 32.2. The molecule has 0 fully saturated rings. The van der Waals surface area contributed by atoms with Crippen LogP contribution in [-0.4, -0.2) is 31.2 Å². The van der Waals surface area contributed by atoms with Crippen molar-refractivity contribution in [2.24, 2.45) is 5.73 Å². The number of benzene rings is 1. The van der Waals surface area contributed by atoms with Crippen molar-refractivity contribution < 1.29 is 23.1 Å². The van der Waals surface area contributed by atoms with Crippen LogP contribution in [0.4, 0.5) is 0 Å². The molecule has 0 atom stereocenters. The lowest BCUT2D eigenvalue weighted by atomic mass is 10.1. The highest BCUT2D eigenvalue weighted by Gasteiger charge is 2.15. The number of aryl methyl sites for hydroxylation is 1. The largest absolute Gasteiger partial charge is 0.481 e. The molecule has 0 saturated carbocycles. The zero-order valence-electron chi connectivity index (χ0n) is 10.2. The van der Waals surface area contributed by atoms with Gasteiger partial charge in [-0.25, -0.2) is 8.42 Å². The Balaban J connectivity index is 2.74. The van der Waals surface area contributed by atoms with Gasteiger partial charge < -0.3 is 10.8 Å². The fraction of sp³-hybridized carbons (Fsp3) is 0.333. The first-order valence-electron chi connectivity index (χ1n) is 5.63. The van der Waals surface area contributed by atoms with Gasteiger partial charge in [0, 0.05) is 12.8 Å². The fourth-order valence-corrected chi connectivity index (χ4v) is 2.72. The van der Waals surface area contributed by atoms with Crippen LogP contribution in [0.2, 0.25) is 0 Å². The van der Waals surface area contributed by atoms with Crippen LogP contribution in [0, 0.1) is 0 Å². The summed E-state index contributed by atoms with van der Waals surface area (Å²) in [4.78, 5) is 21.1. The Bertz CT molecular complexity index is 562. The topological polar surface area (TPSA) is 115 Å². The zero-order valence-corrected chi connectivity index (χ0v) is 11.0. The first-order valence-corrected chi connectivity index (χ1v) is 7.28. The molecular weight excluding hydrogens is 270 g/mol. The number of carbonyl (C=O) groups is 2. The quantitative estimate of drug-likeness (QED) is 0.750.